The Morgan fingerprint density at radius 3 is 1.53 bits per heavy atom. The van der Waals surface area contributed by atoms with Gasteiger partial charge in [0, 0.05) is 15.9 Å². The number of hydrogen-bond donors (Lipinski definition) is 6. The predicted molar refractivity (Wildman–Crippen MR) is 127 cm³/mol. The summed E-state index contributed by atoms with van der Waals surface area (Å²) < 4.78 is 0. The molecule has 162 valence electrons. The maximum atomic E-state index is 7.85. The Kier molecular flexibility index (Phi) is 8.50. The summed E-state index contributed by atoms with van der Waals surface area (Å²) in [5.41, 5.74) is 11.9. The van der Waals surface area contributed by atoms with Crippen LogP contribution < -0.4 is 22.1 Å². The van der Waals surface area contributed by atoms with Crippen LogP contribution in [0.4, 0.5) is 0 Å². The lowest BCUT2D eigenvalue weighted by atomic mass is 9.68. The van der Waals surface area contributed by atoms with Crippen LogP contribution in [0.5, 0.6) is 0 Å². The van der Waals surface area contributed by atoms with Gasteiger partial charge in [0.05, 0.1) is 5.41 Å². The molecule has 10 heteroatoms. The molecule has 0 saturated carbocycles. The maximum absolute atomic E-state index is 7.85. The van der Waals surface area contributed by atoms with E-state index in [1.165, 1.54) is 0 Å². The first-order valence-corrected chi connectivity index (χ1v) is 10.8. The molecule has 0 aliphatic carbocycles. The summed E-state index contributed by atoms with van der Waals surface area (Å²) in [5.74, 6) is -0.292. The number of benzene rings is 2. The van der Waals surface area contributed by atoms with Gasteiger partial charge >= 0.3 is 0 Å². The van der Waals surface area contributed by atoms with Crippen molar-refractivity contribution in [2.24, 2.45) is 11.5 Å². The third kappa shape index (κ3) is 5.43. The highest BCUT2D eigenvalue weighted by molar-refractivity contribution is 6.31. The van der Waals surface area contributed by atoms with E-state index in [2.05, 4.69) is 10.6 Å². The summed E-state index contributed by atoms with van der Waals surface area (Å²) >= 11 is 25.3. The number of nitrogens with one attached hydrogen (secondary N) is 4. The number of rotatable bonds is 9. The van der Waals surface area contributed by atoms with Crippen LogP contribution in [0.1, 0.15) is 30.4 Å². The van der Waals surface area contributed by atoms with Crippen molar-refractivity contribution < 1.29 is 0 Å². The summed E-state index contributed by atoms with van der Waals surface area (Å²) in [4.78, 5) is 0. The summed E-state index contributed by atoms with van der Waals surface area (Å²) in [6.45, 7) is 0. The zero-order chi connectivity index (χ0) is 22.4. The van der Waals surface area contributed by atoms with Crippen LogP contribution in [0, 0.1) is 10.8 Å². The second-order valence-electron chi connectivity index (χ2n) is 6.80. The molecule has 0 bridgehead atoms. The predicted octanol–water partition coefficient (Wildman–Crippen LogP) is 4.55. The molecule has 2 aromatic carbocycles. The van der Waals surface area contributed by atoms with Crippen LogP contribution in [0.25, 0.3) is 0 Å². The Bertz CT molecular complexity index is 808. The maximum Gasteiger partial charge on any atom is 0.204 e. The molecule has 0 aromatic heterocycles. The smallest absolute Gasteiger partial charge is 0.204 e. The van der Waals surface area contributed by atoms with E-state index in [1.807, 2.05) is 24.3 Å². The minimum absolute atomic E-state index is 0.386. The number of hydrogen-bond acceptors (Lipinski definition) is 2. The molecule has 6 nitrogen and oxygen atoms in total. The Balaban J connectivity index is 2.85. The molecule has 0 amide bonds. The topological polar surface area (TPSA) is 124 Å². The van der Waals surface area contributed by atoms with Gasteiger partial charge < -0.3 is 22.1 Å². The summed E-state index contributed by atoms with van der Waals surface area (Å²) in [7, 11) is 0. The van der Waals surface area contributed by atoms with Crippen LogP contribution in [0.3, 0.4) is 0 Å². The molecular formula is C20H24Cl4N6. The van der Waals surface area contributed by atoms with E-state index in [-0.39, 0.29) is 11.9 Å². The Hall–Kier alpha value is -1.86. The van der Waals surface area contributed by atoms with Crippen LogP contribution >= 0.6 is 46.4 Å². The molecule has 2 aromatic rings. The molecule has 0 aliphatic heterocycles. The van der Waals surface area contributed by atoms with E-state index < -0.39 is 10.5 Å². The molecule has 30 heavy (non-hydrogen) atoms. The highest BCUT2D eigenvalue weighted by Crippen LogP contribution is 2.47. The quantitative estimate of drug-likeness (QED) is 0.0771. The van der Waals surface area contributed by atoms with Gasteiger partial charge in [-0.1, -0.05) is 65.5 Å². The van der Waals surface area contributed by atoms with Gasteiger partial charge in [-0.05, 0) is 48.2 Å². The first-order valence-electron chi connectivity index (χ1n) is 9.16. The van der Waals surface area contributed by atoms with Crippen molar-refractivity contribution in [1.29, 1.82) is 10.8 Å². The molecule has 0 spiro atoms. The fourth-order valence-electron chi connectivity index (χ4n) is 3.59. The molecule has 8 N–H and O–H groups in total. The first kappa shape index (κ1) is 24.4. The van der Waals surface area contributed by atoms with Gasteiger partial charge in [-0.15, -0.1) is 11.6 Å². The lowest BCUT2D eigenvalue weighted by Gasteiger charge is -2.48. The molecule has 0 atom stereocenters. The molecule has 0 radical (unpaired) electrons. The van der Waals surface area contributed by atoms with E-state index >= 15 is 0 Å². The average molecular weight is 490 g/mol. The van der Waals surface area contributed by atoms with Gasteiger partial charge in [-0.3, -0.25) is 10.8 Å². The van der Waals surface area contributed by atoms with E-state index in [0.29, 0.717) is 28.8 Å². The molecule has 0 unspecified atom stereocenters. The van der Waals surface area contributed by atoms with Gasteiger partial charge in [0.25, 0.3) is 0 Å². The third-order valence-electron chi connectivity index (χ3n) is 4.81. The Morgan fingerprint density at radius 1 is 0.800 bits per heavy atom. The lowest BCUT2D eigenvalue weighted by Crippen LogP contribution is -2.70. The van der Waals surface area contributed by atoms with Crippen LogP contribution in [-0.2, 0) is 5.41 Å². The molecule has 0 aliphatic rings. The van der Waals surface area contributed by atoms with Crippen LogP contribution in [-0.4, -0.2) is 22.9 Å². The Labute approximate surface area is 196 Å². The number of guanidine groups is 2. The minimum Gasteiger partial charge on any atom is -0.370 e. The molecule has 0 heterocycles. The summed E-state index contributed by atoms with van der Waals surface area (Å²) in [5, 5.41) is 20.7. The second-order valence-corrected chi connectivity index (χ2v) is 8.62. The fraction of sp³-hybridized carbons (Fsp3) is 0.300. The standard InChI is InChI=1S/C20H24Cl4N6/c21-12-2-1-11-19(13-3-7-15(22)8-4-13,14-5-9-16(23)10-6-14)20(24,29-17(25)26)30-18(27)28/h3-10H,1-2,11-12H2,(H4,25,26,29)(H4,27,28,30). The van der Waals surface area contributed by atoms with Crippen LogP contribution in [0.15, 0.2) is 48.5 Å². The third-order valence-corrected chi connectivity index (χ3v) is 6.09. The largest absolute Gasteiger partial charge is 0.370 e. The van der Waals surface area contributed by atoms with Crippen molar-refractivity contribution in [3.05, 3.63) is 69.7 Å². The van der Waals surface area contributed by atoms with Gasteiger partial charge in [-0.2, -0.15) is 0 Å². The normalized spacial score (nSPS) is 13.3. The SMILES string of the molecule is N=C(N)NC(Cl)(NC(=N)N)C(CCCCCl)(c1ccc(Cl)cc1)c1ccc(Cl)cc1. The lowest BCUT2D eigenvalue weighted by molar-refractivity contribution is 0.282. The van der Waals surface area contributed by atoms with E-state index in [9.17, 15) is 0 Å². The molecule has 2 rings (SSSR count). The molecule has 0 saturated heterocycles. The molecular weight excluding hydrogens is 466 g/mol. The van der Waals surface area contributed by atoms with Crippen molar-refractivity contribution in [3.63, 3.8) is 0 Å². The van der Waals surface area contributed by atoms with Crippen molar-refractivity contribution in [1.82, 2.24) is 10.6 Å². The Morgan fingerprint density at radius 2 is 1.20 bits per heavy atom. The van der Waals surface area contributed by atoms with Gasteiger partial charge in [-0.25, -0.2) is 0 Å². The van der Waals surface area contributed by atoms with E-state index in [0.717, 1.165) is 17.5 Å². The number of nitrogens with two attached hydrogens (primary N) is 2. The van der Waals surface area contributed by atoms with Crippen molar-refractivity contribution >= 4 is 58.3 Å². The van der Waals surface area contributed by atoms with E-state index in [4.69, 9.17) is 68.7 Å². The summed E-state index contributed by atoms with van der Waals surface area (Å²) in [6, 6.07) is 14.4. The van der Waals surface area contributed by atoms with Gasteiger partial charge in [0.15, 0.2) is 11.9 Å². The monoisotopic (exact) mass is 488 g/mol. The number of halogens is 4. The number of alkyl halides is 2. The van der Waals surface area contributed by atoms with Crippen molar-refractivity contribution in [2.45, 2.75) is 29.8 Å². The summed E-state index contributed by atoms with van der Waals surface area (Å²) in [6.07, 6.45) is 1.92. The minimum atomic E-state index is -1.65. The molecule has 0 fully saturated rings. The second kappa shape index (κ2) is 10.4. The highest BCUT2D eigenvalue weighted by Gasteiger charge is 2.53. The number of unbranched alkanes of at least 4 members (excludes halogenated alkanes) is 1. The zero-order valence-corrected chi connectivity index (χ0v) is 19.1. The fourth-order valence-corrected chi connectivity index (χ4v) is 4.55. The first-order chi connectivity index (χ1) is 14.1. The average Bonchev–Trinajstić information content (AvgIpc) is 2.66. The van der Waals surface area contributed by atoms with Gasteiger partial charge in [0.2, 0.25) is 5.12 Å². The highest BCUT2D eigenvalue weighted by atomic mass is 35.5. The zero-order valence-electron chi connectivity index (χ0n) is 16.1. The van der Waals surface area contributed by atoms with Gasteiger partial charge in [0.1, 0.15) is 0 Å². The van der Waals surface area contributed by atoms with Crippen molar-refractivity contribution in [2.75, 3.05) is 5.88 Å². The van der Waals surface area contributed by atoms with Crippen LogP contribution in [0.2, 0.25) is 10.0 Å². The van der Waals surface area contributed by atoms with E-state index in [1.54, 1.807) is 24.3 Å². The van der Waals surface area contributed by atoms with Crippen molar-refractivity contribution in [3.8, 4) is 0 Å².